The summed E-state index contributed by atoms with van der Waals surface area (Å²) >= 11 is 6.05. The molecule has 7 heteroatoms. The molecule has 1 heterocycles. The fraction of sp³-hybridized carbons (Fsp3) is 0.182. The number of anilines is 1. The Hall–Kier alpha value is -3.25. The Morgan fingerprint density at radius 2 is 1.93 bits per heavy atom. The summed E-state index contributed by atoms with van der Waals surface area (Å²) in [5.41, 5.74) is 1.55. The molecule has 0 atom stereocenters. The minimum Gasteiger partial charge on any atom is -0.493 e. The summed E-state index contributed by atoms with van der Waals surface area (Å²) in [5.74, 6) is 0.292. The van der Waals surface area contributed by atoms with Gasteiger partial charge in [0.25, 0.3) is 0 Å². The maximum absolute atomic E-state index is 12.2. The number of fused-ring (bicyclic) bond motifs is 1. The molecule has 2 aromatic carbocycles. The smallest absolute Gasteiger partial charge is 0.338 e. The number of furan rings is 1. The maximum atomic E-state index is 12.2. The first-order chi connectivity index (χ1) is 14.0. The molecule has 1 amide bonds. The van der Waals surface area contributed by atoms with Gasteiger partial charge in [-0.3, -0.25) is 4.79 Å². The second-order valence-electron chi connectivity index (χ2n) is 6.21. The normalized spacial score (nSPS) is 11.0. The van der Waals surface area contributed by atoms with Crippen LogP contribution in [0.15, 0.2) is 53.0 Å². The van der Waals surface area contributed by atoms with Crippen LogP contribution in [0.25, 0.3) is 17.0 Å². The van der Waals surface area contributed by atoms with Gasteiger partial charge in [-0.2, -0.15) is 0 Å². The van der Waals surface area contributed by atoms with Crippen molar-refractivity contribution in [3.63, 3.8) is 0 Å². The molecular weight excluding hydrogens is 394 g/mol. The minimum absolute atomic E-state index is 0.336. The number of halogens is 1. The van der Waals surface area contributed by atoms with Crippen molar-refractivity contribution >= 4 is 46.2 Å². The van der Waals surface area contributed by atoms with Crippen LogP contribution in [-0.4, -0.2) is 25.6 Å². The molecule has 0 unspecified atom stereocenters. The first kappa shape index (κ1) is 20.5. The first-order valence-electron chi connectivity index (χ1n) is 9.03. The van der Waals surface area contributed by atoms with Crippen molar-refractivity contribution < 1.29 is 23.5 Å². The van der Waals surface area contributed by atoms with Gasteiger partial charge in [0.05, 0.1) is 19.3 Å². The van der Waals surface area contributed by atoms with Gasteiger partial charge >= 0.3 is 5.97 Å². The van der Waals surface area contributed by atoms with Gasteiger partial charge < -0.3 is 19.2 Å². The number of carbonyl (C=O) groups is 2. The highest BCUT2D eigenvalue weighted by atomic mass is 35.5. The molecule has 0 aliphatic heterocycles. The molecular formula is C22H20ClNO5. The van der Waals surface area contributed by atoms with Gasteiger partial charge in [-0.25, -0.2) is 4.79 Å². The molecule has 1 N–H and O–H groups in total. The molecule has 3 aromatic rings. The van der Waals surface area contributed by atoms with Gasteiger partial charge in [-0.15, -0.1) is 0 Å². The number of ether oxygens (including phenoxy) is 2. The quantitative estimate of drug-likeness (QED) is 0.419. The lowest BCUT2D eigenvalue weighted by Gasteiger charge is -2.05. The summed E-state index contributed by atoms with van der Waals surface area (Å²) in [6.45, 7) is 2.30. The van der Waals surface area contributed by atoms with E-state index in [4.69, 9.17) is 25.5 Å². The van der Waals surface area contributed by atoms with Gasteiger partial charge in [0.15, 0.2) is 11.3 Å². The number of rotatable bonds is 7. The predicted octanol–water partition coefficient (Wildman–Crippen LogP) is 5.31. The molecule has 0 bridgehead atoms. The number of hydrogen-bond donors (Lipinski definition) is 1. The van der Waals surface area contributed by atoms with Crippen molar-refractivity contribution in [2.45, 2.75) is 13.3 Å². The van der Waals surface area contributed by atoms with Gasteiger partial charge in [0.1, 0.15) is 5.76 Å². The Bertz CT molecular complexity index is 1050. The van der Waals surface area contributed by atoms with E-state index in [1.807, 2.05) is 6.92 Å². The van der Waals surface area contributed by atoms with Crippen LogP contribution >= 0.6 is 11.6 Å². The van der Waals surface area contributed by atoms with E-state index >= 15 is 0 Å². The number of esters is 1. The number of benzene rings is 2. The van der Waals surface area contributed by atoms with E-state index in [0.29, 0.717) is 40.0 Å². The SMILES string of the molecule is CCCOC(=O)c1ccc(NC(=O)/C=C/c2cc3cc(Cl)cc(OC)c3o2)cc1. The molecule has 150 valence electrons. The topological polar surface area (TPSA) is 77.8 Å². The zero-order chi connectivity index (χ0) is 20.8. The Balaban J connectivity index is 1.65. The molecule has 0 saturated heterocycles. The van der Waals surface area contributed by atoms with Crippen LogP contribution < -0.4 is 10.1 Å². The number of hydrogen-bond acceptors (Lipinski definition) is 5. The zero-order valence-corrected chi connectivity index (χ0v) is 16.8. The molecule has 0 saturated carbocycles. The van der Waals surface area contributed by atoms with Crippen molar-refractivity contribution in [3.8, 4) is 5.75 Å². The third-order valence-corrected chi connectivity index (χ3v) is 4.23. The number of carbonyl (C=O) groups excluding carboxylic acids is 2. The van der Waals surface area contributed by atoms with Gasteiger partial charge in [0, 0.05) is 28.2 Å². The van der Waals surface area contributed by atoms with E-state index < -0.39 is 0 Å². The van der Waals surface area contributed by atoms with E-state index in [1.165, 1.54) is 13.2 Å². The fourth-order valence-corrected chi connectivity index (χ4v) is 2.87. The summed E-state index contributed by atoms with van der Waals surface area (Å²) in [6, 6.07) is 11.7. The maximum Gasteiger partial charge on any atom is 0.338 e. The second kappa shape index (κ2) is 9.30. The van der Waals surface area contributed by atoms with Crippen molar-refractivity contribution in [1.29, 1.82) is 0 Å². The average Bonchev–Trinajstić information content (AvgIpc) is 3.13. The Morgan fingerprint density at radius 1 is 1.17 bits per heavy atom. The van der Waals surface area contributed by atoms with Crippen LogP contribution in [0.2, 0.25) is 5.02 Å². The van der Waals surface area contributed by atoms with Crippen LogP contribution in [0.4, 0.5) is 5.69 Å². The number of methoxy groups -OCH3 is 1. The Labute approximate surface area is 173 Å². The number of nitrogens with one attached hydrogen (secondary N) is 1. The number of amides is 1. The van der Waals surface area contributed by atoms with E-state index in [1.54, 1.807) is 48.5 Å². The molecule has 3 rings (SSSR count). The van der Waals surface area contributed by atoms with Gasteiger partial charge in [0.2, 0.25) is 5.91 Å². The van der Waals surface area contributed by atoms with Crippen LogP contribution in [0.1, 0.15) is 29.5 Å². The lowest BCUT2D eigenvalue weighted by atomic mass is 10.2. The van der Waals surface area contributed by atoms with Gasteiger partial charge in [-0.05, 0) is 48.9 Å². The highest BCUT2D eigenvalue weighted by Gasteiger charge is 2.10. The highest BCUT2D eigenvalue weighted by molar-refractivity contribution is 6.31. The monoisotopic (exact) mass is 413 g/mol. The predicted molar refractivity (Wildman–Crippen MR) is 112 cm³/mol. The fourth-order valence-electron chi connectivity index (χ4n) is 2.65. The molecule has 0 aliphatic rings. The molecule has 0 aliphatic carbocycles. The standard InChI is InChI=1S/C22H20ClNO5/c1-3-10-28-22(26)14-4-6-17(7-5-14)24-20(25)9-8-18-12-15-11-16(23)13-19(27-2)21(15)29-18/h4-9,11-13H,3,10H2,1-2H3,(H,24,25)/b9-8+. The Kier molecular flexibility index (Phi) is 6.57. The van der Waals surface area contributed by atoms with Gasteiger partial charge in [-0.1, -0.05) is 18.5 Å². The van der Waals surface area contributed by atoms with E-state index in [0.717, 1.165) is 11.8 Å². The Morgan fingerprint density at radius 3 is 2.62 bits per heavy atom. The lowest BCUT2D eigenvalue weighted by Crippen LogP contribution is -2.09. The molecule has 0 fully saturated rings. The molecule has 0 radical (unpaired) electrons. The van der Waals surface area contributed by atoms with Crippen molar-refractivity contribution in [2.24, 2.45) is 0 Å². The van der Waals surface area contributed by atoms with E-state index in [2.05, 4.69) is 5.32 Å². The lowest BCUT2D eigenvalue weighted by molar-refractivity contribution is -0.111. The third kappa shape index (κ3) is 5.18. The summed E-state index contributed by atoms with van der Waals surface area (Å²) in [6.07, 6.45) is 3.67. The largest absolute Gasteiger partial charge is 0.493 e. The van der Waals surface area contributed by atoms with Crippen molar-refractivity contribution in [1.82, 2.24) is 0 Å². The minimum atomic E-state index is -0.384. The summed E-state index contributed by atoms with van der Waals surface area (Å²) in [4.78, 5) is 24.0. The van der Waals surface area contributed by atoms with E-state index in [-0.39, 0.29) is 11.9 Å². The van der Waals surface area contributed by atoms with Crippen molar-refractivity contribution in [2.75, 3.05) is 19.0 Å². The zero-order valence-electron chi connectivity index (χ0n) is 16.0. The molecule has 29 heavy (non-hydrogen) atoms. The average molecular weight is 414 g/mol. The first-order valence-corrected chi connectivity index (χ1v) is 9.41. The van der Waals surface area contributed by atoms with Crippen molar-refractivity contribution in [3.05, 3.63) is 64.9 Å². The summed E-state index contributed by atoms with van der Waals surface area (Å²) in [5, 5.41) is 4.03. The summed E-state index contributed by atoms with van der Waals surface area (Å²) < 4.78 is 16.0. The molecule has 1 aromatic heterocycles. The van der Waals surface area contributed by atoms with Crippen LogP contribution in [-0.2, 0) is 9.53 Å². The summed E-state index contributed by atoms with van der Waals surface area (Å²) in [7, 11) is 1.53. The van der Waals surface area contributed by atoms with E-state index in [9.17, 15) is 9.59 Å². The van der Waals surface area contributed by atoms with Crippen LogP contribution in [0.5, 0.6) is 5.75 Å². The molecule has 0 spiro atoms. The highest BCUT2D eigenvalue weighted by Crippen LogP contribution is 2.32. The molecule has 6 nitrogen and oxygen atoms in total. The van der Waals surface area contributed by atoms with Crippen LogP contribution in [0, 0.1) is 0 Å². The third-order valence-electron chi connectivity index (χ3n) is 4.01. The second-order valence-corrected chi connectivity index (χ2v) is 6.65. The van der Waals surface area contributed by atoms with Crippen LogP contribution in [0.3, 0.4) is 0 Å².